The Morgan fingerprint density at radius 1 is 1.44 bits per heavy atom. The Morgan fingerprint density at radius 2 is 2.12 bits per heavy atom. The molecule has 0 fully saturated rings. The Kier molecular flexibility index (Phi) is 3.88. The molecule has 0 heterocycles. The number of amides is 1. The number of carboxylic acid groups (broad SMARTS) is 1. The fourth-order valence-corrected chi connectivity index (χ4v) is 1.06. The number of carbonyl (C=O) groups excluding carboxylic acids is 1. The molecule has 2 N–H and O–H groups in total. The predicted molar refractivity (Wildman–Crippen MR) is 58.4 cm³/mol. The molecule has 16 heavy (non-hydrogen) atoms. The molecule has 0 bridgehead atoms. The number of methoxy groups -OCH3 is 1. The van der Waals surface area contributed by atoms with E-state index in [0.717, 1.165) is 0 Å². The topological polar surface area (TPSA) is 75.6 Å². The monoisotopic (exact) mass is 223 g/mol. The van der Waals surface area contributed by atoms with Crippen LogP contribution in [-0.4, -0.2) is 24.1 Å². The molecular formula is C11H13NO4. The minimum absolute atomic E-state index is 0.512. The lowest BCUT2D eigenvalue weighted by molar-refractivity contribution is -0.144. The summed E-state index contributed by atoms with van der Waals surface area (Å²) >= 11 is 0. The van der Waals surface area contributed by atoms with E-state index in [1.54, 1.807) is 24.3 Å². The molecule has 0 saturated carbocycles. The fraction of sp³-hybridized carbons (Fsp3) is 0.273. The third-order valence-corrected chi connectivity index (χ3v) is 2.10. The average molecular weight is 223 g/mol. The highest BCUT2D eigenvalue weighted by atomic mass is 16.5. The lowest BCUT2D eigenvalue weighted by Crippen LogP contribution is -2.26. The van der Waals surface area contributed by atoms with E-state index in [1.807, 2.05) is 0 Å². The second kappa shape index (κ2) is 5.16. The van der Waals surface area contributed by atoms with Gasteiger partial charge in [0.15, 0.2) is 0 Å². The van der Waals surface area contributed by atoms with Gasteiger partial charge in [-0.15, -0.1) is 0 Å². The van der Waals surface area contributed by atoms with Crippen molar-refractivity contribution in [2.45, 2.75) is 6.92 Å². The second-order valence-corrected chi connectivity index (χ2v) is 3.28. The summed E-state index contributed by atoms with van der Waals surface area (Å²) in [6.45, 7) is 1.33. The number of benzene rings is 1. The number of rotatable bonds is 4. The molecule has 0 aliphatic rings. The van der Waals surface area contributed by atoms with Crippen molar-refractivity contribution in [3.05, 3.63) is 24.3 Å². The van der Waals surface area contributed by atoms with E-state index in [2.05, 4.69) is 5.32 Å². The van der Waals surface area contributed by atoms with Gasteiger partial charge in [-0.1, -0.05) is 6.07 Å². The molecule has 86 valence electrons. The van der Waals surface area contributed by atoms with Crippen LogP contribution in [0.2, 0.25) is 0 Å². The molecule has 1 atom stereocenters. The fourth-order valence-electron chi connectivity index (χ4n) is 1.06. The van der Waals surface area contributed by atoms with Crippen molar-refractivity contribution < 1.29 is 19.4 Å². The van der Waals surface area contributed by atoms with Crippen molar-refractivity contribution in [3.63, 3.8) is 0 Å². The summed E-state index contributed by atoms with van der Waals surface area (Å²) in [5, 5.41) is 11.1. The maximum Gasteiger partial charge on any atom is 0.315 e. The molecule has 1 aromatic rings. The Hall–Kier alpha value is -2.04. The number of hydrogen-bond acceptors (Lipinski definition) is 3. The van der Waals surface area contributed by atoms with Gasteiger partial charge in [0.1, 0.15) is 11.7 Å². The summed E-state index contributed by atoms with van der Waals surface area (Å²) in [7, 11) is 1.51. The highest BCUT2D eigenvalue weighted by Gasteiger charge is 2.20. The SMILES string of the molecule is COc1cccc(NC(=O)C(C)C(=O)O)c1. The van der Waals surface area contributed by atoms with Crippen LogP contribution in [0.3, 0.4) is 0 Å². The van der Waals surface area contributed by atoms with E-state index >= 15 is 0 Å². The summed E-state index contributed by atoms with van der Waals surface area (Å²) in [5.74, 6) is -2.19. The van der Waals surface area contributed by atoms with Crippen LogP contribution in [0.1, 0.15) is 6.92 Å². The zero-order valence-electron chi connectivity index (χ0n) is 9.06. The average Bonchev–Trinajstić information content (AvgIpc) is 2.28. The smallest absolute Gasteiger partial charge is 0.315 e. The molecule has 1 aromatic carbocycles. The third-order valence-electron chi connectivity index (χ3n) is 2.10. The number of anilines is 1. The van der Waals surface area contributed by atoms with Crippen molar-refractivity contribution in [3.8, 4) is 5.75 Å². The predicted octanol–water partition coefficient (Wildman–Crippen LogP) is 1.35. The van der Waals surface area contributed by atoms with Crippen molar-refractivity contribution in [1.82, 2.24) is 0 Å². The van der Waals surface area contributed by atoms with Crippen LogP contribution in [-0.2, 0) is 9.59 Å². The zero-order valence-corrected chi connectivity index (χ0v) is 9.06. The Bertz CT molecular complexity index is 403. The van der Waals surface area contributed by atoms with Gasteiger partial charge in [-0.2, -0.15) is 0 Å². The standard InChI is InChI=1S/C11H13NO4/c1-7(11(14)15)10(13)12-8-4-3-5-9(6-8)16-2/h3-7H,1-2H3,(H,12,13)(H,14,15). The van der Waals surface area contributed by atoms with Gasteiger partial charge >= 0.3 is 5.97 Å². The molecule has 1 unspecified atom stereocenters. The molecule has 5 heteroatoms. The molecule has 0 saturated heterocycles. The van der Waals surface area contributed by atoms with Gasteiger partial charge in [0, 0.05) is 11.8 Å². The summed E-state index contributed by atoms with van der Waals surface area (Å²) in [4.78, 5) is 22.0. The molecule has 0 radical (unpaired) electrons. The van der Waals surface area contributed by atoms with E-state index in [0.29, 0.717) is 11.4 Å². The molecule has 0 aliphatic carbocycles. The lowest BCUT2D eigenvalue weighted by Gasteiger charge is -2.09. The minimum Gasteiger partial charge on any atom is -0.497 e. The van der Waals surface area contributed by atoms with E-state index in [9.17, 15) is 9.59 Å². The quantitative estimate of drug-likeness (QED) is 0.755. The van der Waals surface area contributed by atoms with Crippen LogP contribution >= 0.6 is 0 Å². The van der Waals surface area contributed by atoms with Crippen LogP contribution in [0.4, 0.5) is 5.69 Å². The summed E-state index contributed by atoms with van der Waals surface area (Å²) in [6.07, 6.45) is 0. The molecule has 0 aromatic heterocycles. The first kappa shape index (κ1) is 12.0. The minimum atomic E-state index is -1.15. The van der Waals surface area contributed by atoms with Gasteiger partial charge in [-0.05, 0) is 19.1 Å². The molecule has 0 spiro atoms. The molecular weight excluding hydrogens is 210 g/mol. The highest BCUT2D eigenvalue weighted by molar-refractivity contribution is 6.03. The Labute approximate surface area is 93.0 Å². The summed E-state index contributed by atoms with van der Waals surface area (Å²) < 4.78 is 4.98. The Morgan fingerprint density at radius 3 is 2.69 bits per heavy atom. The lowest BCUT2D eigenvalue weighted by atomic mass is 10.1. The van der Waals surface area contributed by atoms with Crippen molar-refractivity contribution in [1.29, 1.82) is 0 Å². The van der Waals surface area contributed by atoms with Gasteiger partial charge in [0.25, 0.3) is 0 Å². The van der Waals surface area contributed by atoms with Gasteiger partial charge in [-0.3, -0.25) is 9.59 Å². The molecule has 5 nitrogen and oxygen atoms in total. The molecule has 1 amide bonds. The van der Waals surface area contributed by atoms with Gasteiger partial charge in [-0.25, -0.2) is 0 Å². The number of aliphatic carboxylic acids is 1. The van der Waals surface area contributed by atoms with Crippen LogP contribution in [0.25, 0.3) is 0 Å². The number of carboxylic acids is 1. The van der Waals surface area contributed by atoms with Crippen molar-refractivity contribution in [2.75, 3.05) is 12.4 Å². The highest BCUT2D eigenvalue weighted by Crippen LogP contribution is 2.17. The van der Waals surface area contributed by atoms with Crippen LogP contribution in [0, 0.1) is 5.92 Å². The molecule has 0 aliphatic heterocycles. The van der Waals surface area contributed by atoms with E-state index in [1.165, 1.54) is 14.0 Å². The van der Waals surface area contributed by atoms with Gasteiger partial charge < -0.3 is 15.2 Å². The first-order chi connectivity index (χ1) is 7.54. The van der Waals surface area contributed by atoms with Gasteiger partial charge in [0.2, 0.25) is 5.91 Å². The molecule has 1 rings (SSSR count). The maximum atomic E-state index is 11.4. The second-order valence-electron chi connectivity index (χ2n) is 3.28. The van der Waals surface area contributed by atoms with Crippen LogP contribution in [0.15, 0.2) is 24.3 Å². The zero-order chi connectivity index (χ0) is 12.1. The first-order valence-electron chi connectivity index (χ1n) is 4.72. The third kappa shape index (κ3) is 2.98. The number of nitrogens with one attached hydrogen (secondary N) is 1. The maximum absolute atomic E-state index is 11.4. The number of hydrogen-bond donors (Lipinski definition) is 2. The van der Waals surface area contributed by atoms with Crippen molar-refractivity contribution >= 4 is 17.6 Å². The summed E-state index contributed by atoms with van der Waals surface area (Å²) in [6, 6.07) is 6.72. The number of carbonyl (C=O) groups is 2. The van der Waals surface area contributed by atoms with Crippen LogP contribution < -0.4 is 10.1 Å². The van der Waals surface area contributed by atoms with E-state index in [-0.39, 0.29) is 0 Å². The van der Waals surface area contributed by atoms with Crippen molar-refractivity contribution in [2.24, 2.45) is 5.92 Å². The first-order valence-corrected chi connectivity index (χ1v) is 4.72. The largest absolute Gasteiger partial charge is 0.497 e. The summed E-state index contributed by atoms with van der Waals surface area (Å²) in [5.41, 5.74) is 0.512. The van der Waals surface area contributed by atoms with E-state index < -0.39 is 17.8 Å². The van der Waals surface area contributed by atoms with E-state index in [4.69, 9.17) is 9.84 Å². The number of ether oxygens (including phenoxy) is 1. The Balaban J connectivity index is 2.73. The normalized spacial score (nSPS) is 11.6. The van der Waals surface area contributed by atoms with Gasteiger partial charge in [0.05, 0.1) is 7.11 Å². The van der Waals surface area contributed by atoms with Crippen LogP contribution in [0.5, 0.6) is 5.75 Å².